The topological polar surface area (TPSA) is 59.6 Å². The van der Waals surface area contributed by atoms with Crippen LogP contribution in [0.25, 0.3) is 0 Å². The molecule has 0 aliphatic rings. The van der Waals surface area contributed by atoms with Gasteiger partial charge < -0.3 is 20.1 Å². The van der Waals surface area contributed by atoms with Crippen molar-refractivity contribution in [2.75, 3.05) is 24.9 Å². The number of carbonyl (C=O) groups is 1. The minimum Gasteiger partial charge on any atom is -0.497 e. The maximum Gasteiger partial charge on any atom is 0.309 e. The second kappa shape index (κ2) is 11.4. The fourth-order valence-electron chi connectivity index (χ4n) is 2.83. The van der Waals surface area contributed by atoms with Gasteiger partial charge in [-0.3, -0.25) is 4.79 Å². The Labute approximate surface area is 192 Å². The molecule has 2 N–H and O–H groups in total. The lowest BCUT2D eigenvalue weighted by Gasteiger charge is -2.15. The van der Waals surface area contributed by atoms with E-state index in [2.05, 4.69) is 10.6 Å². The first-order chi connectivity index (χ1) is 15.1. The average molecular weight is 453 g/mol. The Morgan fingerprint density at radius 1 is 0.935 bits per heavy atom. The number of hydrogen-bond acceptors (Lipinski definition) is 5. The zero-order valence-corrected chi connectivity index (χ0v) is 19.0. The van der Waals surface area contributed by atoms with Crippen LogP contribution in [-0.4, -0.2) is 25.3 Å². The predicted molar refractivity (Wildman–Crippen MR) is 131 cm³/mol. The number of thioether (sulfide) groups is 1. The monoisotopic (exact) mass is 452 g/mol. The third-order valence-corrected chi connectivity index (χ3v) is 5.79. The van der Waals surface area contributed by atoms with E-state index in [1.54, 1.807) is 18.9 Å². The van der Waals surface area contributed by atoms with Crippen LogP contribution >= 0.6 is 24.0 Å². The van der Waals surface area contributed by atoms with Gasteiger partial charge >= 0.3 is 5.97 Å². The number of hydrogen-bond donors (Lipinski definition) is 2. The Hall–Kier alpha value is -3.03. The second-order valence-corrected chi connectivity index (χ2v) is 8.09. The van der Waals surface area contributed by atoms with Crippen LogP contribution in [0.3, 0.4) is 0 Å². The number of carbonyl (C=O) groups excluding carboxylic acids is 1. The molecule has 0 radical (unpaired) electrons. The summed E-state index contributed by atoms with van der Waals surface area (Å²) < 4.78 is 10.0. The molecule has 3 aromatic rings. The number of rotatable bonds is 8. The molecule has 7 heteroatoms. The molecule has 0 bridgehead atoms. The third-order valence-electron chi connectivity index (χ3n) is 4.46. The highest BCUT2D eigenvalue weighted by atomic mass is 32.2. The van der Waals surface area contributed by atoms with Crippen molar-refractivity contribution in [2.45, 2.75) is 17.1 Å². The SMILES string of the molecule is COC(=O)Cc1ccc(NC(=S)Nc2ccccc2)c(SCc2ccc(OC)cc2)c1. The Bertz CT molecular complexity index is 1020. The molecule has 0 aromatic heterocycles. The van der Waals surface area contributed by atoms with Crippen molar-refractivity contribution in [3.8, 4) is 5.75 Å². The summed E-state index contributed by atoms with van der Waals surface area (Å²) in [7, 11) is 3.05. The number of methoxy groups -OCH3 is 2. The van der Waals surface area contributed by atoms with Crippen LogP contribution < -0.4 is 15.4 Å². The Morgan fingerprint density at radius 2 is 1.65 bits per heavy atom. The van der Waals surface area contributed by atoms with Crippen LogP contribution in [0.4, 0.5) is 11.4 Å². The highest BCUT2D eigenvalue weighted by molar-refractivity contribution is 7.98. The van der Waals surface area contributed by atoms with Crippen molar-refractivity contribution in [1.29, 1.82) is 0 Å². The van der Waals surface area contributed by atoms with Gasteiger partial charge in [0.15, 0.2) is 5.11 Å². The summed E-state index contributed by atoms with van der Waals surface area (Å²) >= 11 is 7.15. The zero-order chi connectivity index (χ0) is 22.1. The van der Waals surface area contributed by atoms with Gasteiger partial charge in [-0.05, 0) is 59.7 Å². The maximum atomic E-state index is 11.7. The number of thiocarbonyl (C=S) groups is 1. The summed E-state index contributed by atoms with van der Waals surface area (Å²) in [5.41, 5.74) is 3.84. The van der Waals surface area contributed by atoms with Crippen LogP contribution in [0.15, 0.2) is 77.7 Å². The first kappa shape index (κ1) is 22.7. The summed E-state index contributed by atoms with van der Waals surface area (Å²) in [4.78, 5) is 12.7. The van der Waals surface area contributed by atoms with Crippen LogP contribution in [0.5, 0.6) is 5.75 Å². The van der Waals surface area contributed by atoms with Crippen molar-refractivity contribution < 1.29 is 14.3 Å². The van der Waals surface area contributed by atoms with Crippen molar-refractivity contribution in [3.63, 3.8) is 0 Å². The maximum absolute atomic E-state index is 11.7. The molecular weight excluding hydrogens is 428 g/mol. The Kier molecular flexibility index (Phi) is 8.32. The first-order valence-electron chi connectivity index (χ1n) is 9.66. The van der Waals surface area contributed by atoms with Crippen LogP contribution in [0, 0.1) is 0 Å². The summed E-state index contributed by atoms with van der Waals surface area (Å²) in [5, 5.41) is 6.95. The van der Waals surface area contributed by atoms with Crippen molar-refractivity contribution >= 4 is 46.4 Å². The molecule has 0 aliphatic carbocycles. The second-order valence-electron chi connectivity index (χ2n) is 6.67. The van der Waals surface area contributed by atoms with Gasteiger partial charge in [0, 0.05) is 16.3 Å². The largest absolute Gasteiger partial charge is 0.497 e. The van der Waals surface area contributed by atoms with E-state index in [1.165, 1.54) is 12.7 Å². The fraction of sp³-hybridized carbons (Fsp3) is 0.167. The summed E-state index contributed by atoms with van der Waals surface area (Å²) in [6.07, 6.45) is 0.222. The van der Waals surface area contributed by atoms with Gasteiger partial charge in [0.25, 0.3) is 0 Å². The van der Waals surface area contributed by atoms with E-state index in [0.717, 1.165) is 33.3 Å². The average Bonchev–Trinajstić information content (AvgIpc) is 2.80. The Balaban J connectivity index is 1.75. The highest BCUT2D eigenvalue weighted by Crippen LogP contribution is 2.32. The molecule has 5 nitrogen and oxygen atoms in total. The van der Waals surface area contributed by atoms with Gasteiger partial charge in [-0.15, -0.1) is 11.8 Å². The molecule has 160 valence electrons. The summed E-state index contributed by atoms with van der Waals surface area (Å²) in [6, 6.07) is 23.6. The number of benzene rings is 3. The lowest BCUT2D eigenvalue weighted by atomic mass is 10.1. The van der Waals surface area contributed by atoms with Gasteiger partial charge in [0.2, 0.25) is 0 Å². The third kappa shape index (κ3) is 7.01. The van der Waals surface area contributed by atoms with Gasteiger partial charge in [-0.2, -0.15) is 0 Å². The Morgan fingerprint density at radius 3 is 2.32 bits per heavy atom. The smallest absolute Gasteiger partial charge is 0.309 e. The number of ether oxygens (including phenoxy) is 2. The molecule has 31 heavy (non-hydrogen) atoms. The minimum atomic E-state index is -0.270. The normalized spacial score (nSPS) is 10.3. The molecule has 0 saturated carbocycles. The number of nitrogens with one attached hydrogen (secondary N) is 2. The van der Waals surface area contributed by atoms with E-state index in [-0.39, 0.29) is 12.4 Å². The van der Waals surface area contributed by atoms with Crippen molar-refractivity contribution in [2.24, 2.45) is 0 Å². The quantitative estimate of drug-likeness (QED) is 0.265. The molecule has 0 heterocycles. The zero-order valence-electron chi connectivity index (χ0n) is 17.4. The molecule has 0 saturated heterocycles. The molecule has 0 amide bonds. The van der Waals surface area contributed by atoms with Crippen LogP contribution in [0.2, 0.25) is 0 Å². The minimum absolute atomic E-state index is 0.222. The molecule has 3 aromatic carbocycles. The fourth-order valence-corrected chi connectivity index (χ4v) is 4.08. The first-order valence-corrected chi connectivity index (χ1v) is 11.1. The molecule has 0 atom stereocenters. The van der Waals surface area contributed by atoms with Crippen molar-refractivity contribution in [3.05, 3.63) is 83.9 Å². The van der Waals surface area contributed by atoms with Gasteiger partial charge in [0.1, 0.15) is 5.75 Å². The summed E-state index contributed by atoms with van der Waals surface area (Å²) in [6.45, 7) is 0. The number of esters is 1. The van der Waals surface area contributed by atoms with Crippen LogP contribution in [-0.2, 0) is 21.7 Å². The number of para-hydroxylation sites is 1. The van der Waals surface area contributed by atoms with E-state index >= 15 is 0 Å². The van der Waals surface area contributed by atoms with E-state index in [9.17, 15) is 4.79 Å². The van der Waals surface area contributed by atoms with Gasteiger partial charge in [-0.1, -0.05) is 36.4 Å². The van der Waals surface area contributed by atoms with E-state index in [4.69, 9.17) is 21.7 Å². The molecule has 0 unspecified atom stereocenters. The number of anilines is 2. The van der Waals surface area contributed by atoms with Crippen molar-refractivity contribution in [1.82, 2.24) is 0 Å². The van der Waals surface area contributed by atoms with E-state index in [1.807, 2.05) is 72.8 Å². The molecule has 0 aliphatic heterocycles. The lowest BCUT2D eigenvalue weighted by Crippen LogP contribution is -2.19. The summed E-state index contributed by atoms with van der Waals surface area (Å²) in [5.74, 6) is 1.32. The molecule has 3 rings (SSSR count). The van der Waals surface area contributed by atoms with E-state index in [0.29, 0.717) is 5.11 Å². The van der Waals surface area contributed by atoms with Gasteiger partial charge in [-0.25, -0.2) is 0 Å². The van der Waals surface area contributed by atoms with Gasteiger partial charge in [0.05, 0.1) is 26.3 Å². The highest BCUT2D eigenvalue weighted by Gasteiger charge is 2.10. The predicted octanol–water partition coefficient (Wildman–Crippen LogP) is 5.51. The standard InChI is InChI=1S/C24H24N2O3S2/c1-28-20-11-8-17(9-12-20)16-31-22-14-18(15-23(27)29-2)10-13-21(22)26-24(30)25-19-6-4-3-5-7-19/h3-14H,15-16H2,1-2H3,(H2,25,26,30). The van der Waals surface area contributed by atoms with E-state index < -0.39 is 0 Å². The molecule has 0 fully saturated rings. The molecule has 0 spiro atoms. The van der Waals surface area contributed by atoms with Crippen LogP contribution in [0.1, 0.15) is 11.1 Å². The molecular formula is C24H24N2O3S2. The lowest BCUT2D eigenvalue weighted by molar-refractivity contribution is -0.139.